The summed E-state index contributed by atoms with van der Waals surface area (Å²) in [6.45, 7) is 0. The average molecular weight is 388 g/mol. The largest absolute Gasteiger partial charge is 0.302 e. The van der Waals surface area contributed by atoms with Gasteiger partial charge >= 0.3 is 0 Å². The minimum absolute atomic E-state index is 0.366. The van der Waals surface area contributed by atoms with E-state index in [0.29, 0.717) is 17.6 Å². The Balaban J connectivity index is 1.75. The fourth-order valence-electron chi connectivity index (χ4n) is 4.95. The van der Waals surface area contributed by atoms with Gasteiger partial charge < -0.3 is 4.90 Å². The lowest BCUT2D eigenvalue weighted by atomic mass is 9.90. The topological polar surface area (TPSA) is 3.24 Å². The lowest BCUT2D eigenvalue weighted by Crippen LogP contribution is -2.34. The van der Waals surface area contributed by atoms with Gasteiger partial charge in [0.1, 0.15) is 0 Å². The molecule has 0 heterocycles. The molecule has 1 unspecified atom stereocenters. The van der Waals surface area contributed by atoms with Crippen LogP contribution in [-0.2, 0) is 0 Å². The predicted molar refractivity (Wildman–Crippen MR) is 123 cm³/mol. The quantitative estimate of drug-likeness (QED) is 0.498. The second-order valence-electron chi connectivity index (χ2n) is 8.02. The molecule has 3 aromatic rings. The molecule has 4 rings (SSSR count). The van der Waals surface area contributed by atoms with Crippen molar-refractivity contribution in [2.45, 2.75) is 31.0 Å². The van der Waals surface area contributed by atoms with Crippen molar-refractivity contribution in [2.75, 3.05) is 14.1 Å². The van der Waals surface area contributed by atoms with E-state index in [1.165, 1.54) is 35.4 Å². The maximum Gasteiger partial charge on any atom is 0.0376 e. The zero-order chi connectivity index (χ0) is 19.3. The Hall–Kier alpha value is -1.95. The van der Waals surface area contributed by atoms with E-state index in [0.717, 1.165) is 0 Å². The van der Waals surface area contributed by atoms with Crippen molar-refractivity contribution >= 4 is 18.5 Å². The lowest BCUT2D eigenvalue weighted by Gasteiger charge is -2.38. The van der Waals surface area contributed by atoms with Crippen LogP contribution in [0.2, 0.25) is 0 Å². The molecule has 0 N–H and O–H groups in total. The van der Waals surface area contributed by atoms with E-state index in [1.54, 1.807) is 0 Å². The zero-order valence-corrected chi connectivity index (χ0v) is 17.8. The molecule has 3 aromatic carbocycles. The summed E-state index contributed by atoms with van der Waals surface area (Å²) in [4.78, 5) is 2.45. The second kappa shape index (κ2) is 9.03. The Morgan fingerprint density at radius 3 is 1.71 bits per heavy atom. The zero-order valence-electron chi connectivity index (χ0n) is 16.9. The third kappa shape index (κ3) is 4.07. The predicted octanol–water partition coefficient (Wildman–Crippen LogP) is 5.59. The normalized spacial score (nSPS) is 20.6. The van der Waals surface area contributed by atoms with Crippen LogP contribution in [0.4, 0.5) is 0 Å². The molecular formula is C26H30NP. The van der Waals surface area contributed by atoms with Gasteiger partial charge in [0.05, 0.1) is 0 Å². The first kappa shape index (κ1) is 19.4. The SMILES string of the molecule is CN(C)[C@H](c1ccccc1)[C@H]1CCCC1P(c1ccccc1)c1ccccc1. The van der Waals surface area contributed by atoms with Crippen molar-refractivity contribution in [3.8, 4) is 0 Å². The molecule has 1 aliphatic rings. The minimum Gasteiger partial charge on any atom is -0.302 e. The first-order chi connectivity index (χ1) is 13.8. The molecule has 1 nitrogen and oxygen atoms in total. The van der Waals surface area contributed by atoms with E-state index in [9.17, 15) is 0 Å². The highest BCUT2D eigenvalue weighted by molar-refractivity contribution is 7.73. The summed E-state index contributed by atoms with van der Waals surface area (Å²) in [5, 5.41) is 3.04. The van der Waals surface area contributed by atoms with Crippen LogP contribution in [0.15, 0.2) is 91.0 Å². The monoisotopic (exact) mass is 387 g/mol. The molecule has 144 valence electrons. The molecule has 1 saturated carbocycles. The van der Waals surface area contributed by atoms with Gasteiger partial charge in [-0.25, -0.2) is 0 Å². The van der Waals surface area contributed by atoms with Gasteiger partial charge in [-0.3, -0.25) is 0 Å². The summed E-state index contributed by atoms with van der Waals surface area (Å²) in [5.41, 5.74) is 2.17. The van der Waals surface area contributed by atoms with Gasteiger partial charge in [-0.15, -0.1) is 0 Å². The molecule has 0 aliphatic heterocycles. The van der Waals surface area contributed by atoms with Crippen molar-refractivity contribution in [3.63, 3.8) is 0 Å². The number of hydrogen-bond donors (Lipinski definition) is 0. The molecule has 1 fully saturated rings. The number of benzene rings is 3. The van der Waals surface area contributed by atoms with E-state index in [2.05, 4.69) is 110 Å². The van der Waals surface area contributed by atoms with E-state index < -0.39 is 0 Å². The van der Waals surface area contributed by atoms with Crippen LogP contribution >= 0.6 is 7.92 Å². The van der Waals surface area contributed by atoms with Gasteiger partial charge in [0.2, 0.25) is 0 Å². The van der Waals surface area contributed by atoms with E-state index >= 15 is 0 Å². The summed E-state index contributed by atoms with van der Waals surface area (Å²) < 4.78 is 0. The van der Waals surface area contributed by atoms with Gasteiger partial charge in [0, 0.05) is 6.04 Å². The molecule has 0 radical (unpaired) electrons. The van der Waals surface area contributed by atoms with E-state index in [4.69, 9.17) is 0 Å². The summed E-state index contributed by atoms with van der Waals surface area (Å²) >= 11 is 0. The minimum atomic E-state index is -0.366. The number of nitrogens with zero attached hydrogens (tertiary/aromatic N) is 1. The van der Waals surface area contributed by atoms with Crippen LogP contribution in [0.3, 0.4) is 0 Å². The second-order valence-corrected chi connectivity index (χ2v) is 10.5. The van der Waals surface area contributed by atoms with Crippen molar-refractivity contribution in [1.29, 1.82) is 0 Å². The molecule has 28 heavy (non-hydrogen) atoms. The maximum absolute atomic E-state index is 2.45. The molecule has 0 spiro atoms. The van der Waals surface area contributed by atoms with Crippen LogP contribution in [0.5, 0.6) is 0 Å². The van der Waals surface area contributed by atoms with Gasteiger partial charge in [-0.05, 0) is 62.6 Å². The van der Waals surface area contributed by atoms with E-state index in [1.807, 2.05) is 0 Å². The molecule has 0 saturated heterocycles. The summed E-state index contributed by atoms with van der Waals surface area (Å²) in [5.74, 6) is 0.684. The van der Waals surface area contributed by atoms with Crippen molar-refractivity contribution < 1.29 is 0 Å². The maximum atomic E-state index is 2.45. The van der Waals surface area contributed by atoms with Crippen LogP contribution in [0, 0.1) is 5.92 Å². The Morgan fingerprint density at radius 2 is 1.21 bits per heavy atom. The summed E-state index contributed by atoms with van der Waals surface area (Å²) in [7, 11) is 4.14. The molecular weight excluding hydrogens is 357 g/mol. The first-order valence-electron chi connectivity index (χ1n) is 10.4. The summed E-state index contributed by atoms with van der Waals surface area (Å²) in [6, 6.07) is 34.1. The third-order valence-corrected chi connectivity index (χ3v) is 9.05. The van der Waals surface area contributed by atoms with Gasteiger partial charge in [0.15, 0.2) is 0 Å². The van der Waals surface area contributed by atoms with Gasteiger partial charge in [-0.1, -0.05) is 97.4 Å². The van der Waals surface area contributed by atoms with E-state index in [-0.39, 0.29) is 7.92 Å². The molecule has 2 heteroatoms. The Labute approximate surface area is 171 Å². The highest BCUT2D eigenvalue weighted by atomic mass is 31.1. The molecule has 0 amide bonds. The molecule has 1 aliphatic carbocycles. The average Bonchev–Trinajstić information content (AvgIpc) is 3.19. The van der Waals surface area contributed by atoms with Crippen molar-refractivity contribution in [1.82, 2.24) is 4.90 Å². The van der Waals surface area contributed by atoms with Gasteiger partial charge in [0.25, 0.3) is 0 Å². The van der Waals surface area contributed by atoms with Crippen molar-refractivity contribution in [3.05, 3.63) is 96.6 Å². The standard InChI is InChI=1S/C26H30NP/c1-27(2)26(21-13-6-3-7-14-21)24-19-12-20-25(24)28(22-15-8-4-9-16-22)23-17-10-5-11-18-23/h3-11,13-18,24-26H,12,19-20H2,1-2H3/t24-,25?,26+/m0/s1. The van der Waals surface area contributed by atoms with Crippen molar-refractivity contribution in [2.24, 2.45) is 5.92 Å². The molecule has 0 aromatic heterocycles. The first-order valence-corrected chi connectivity index (χ1v) is 11.8. The highest BCUT2D eigenvalue weighted by Crippen LogP contribution is 2.54. The van der Waals surface area contributed by atoms with Crippen LogP contribution in [0.25, 0.3) is 0 Å². The highest BCUT2D eigenvalue weighted by Gasteiger charge is 2.40. The molecule has 0 bridgehead atoms. The fraction of sp³-hybridized carbons (Fsp3) is 0.308. The lowest BCUT2D eigenvalue weighted by molar-refractivity contribution is 0.217. The Bertz CT molecular complexity index is 808. The number of rotatable bonds is 6. The van der Waals surface area contributed by atoms with Crippen LogP contribution in [0.1, 0.15) is 30.9 Å². The number of hydrogen-bond acceptors (Lipinski definition) is 1. The van der Waals surface area contributed by atoms with Gasteiger partial charge in [-0.2, -0.15) is 0 Å². The summed E-state index contributed by atoms with van der Waals surface area (Å²) in [6.07, 6.45) is 3.99. The Kier molecular flexibility index (Phi) is 6.25. The smallest absolute Gasteiger partial charge is 0.0376 e. The Morgan fingerprint density at radius 1 is 0.714 bits per heavy atom. The fourth-order valence-corrected chi connectivity index (χ4v) is 8.13. The van der Waals surface area contributed by atoms with Crippen LogP contribution in [-0.4, -0.2) is 24.7 Å². The molecule has 3 atom stereocenters. The van der Waals surface area contributed by atoms with Crippen LogP contribution < -0.4 is 10.6 Å². The third-order valence-electron chi connectivity index (χ3n) is 6.03.